The zero-order valence-electron chi connectivity index (χ0n) is 13.6. The van der Waals surface area contributed by atoms with Gasteiger partial charge in [0.15, 0.2) is 0 Å². The standard InChI is InChI=1S/C18H21N5/c1-21-9-10-23(17-6-4-3-5-15(17)13-21)12-14-7-8-18-16(11-14)19-20-22(18)2/h3-8,11H,9-10,12-13H2,1-2H3. The summed E-state index contributed by atoms with van der Waals surface area (Å²) in [7, 11) is 4.11. The first kappa shape index (κ1) is 14.2. The van der Waals surface area contributed by atoms with E-state index >= 15 is 0 Å². The second-order valence-electron chi connectivity index (χ2n) is 6.32. The van der Waals surface area contributed by atoms with Crippen molar-refractivity contribution in [1.82, 2.24) is 19.9 Å². The lowest BCUT2D eigenvalue weighted by molar-refractivity contribution is 0.341. The van der Waals surface area contributed by atoms with Crippen molar-refractivity contribution in [3.8, 4) is 0 Å². The van der Waals surface area contributed by atoms with Crippen LogP contribution < -0.4 is 4.90 Å². The fraction of sp³-hybridized carbons (Fsp3) is 0.333. The lowest BCUT2D eigenvalue weighted by Gasteiger charge is -2.24. The third kappa shape index (κ3) is 2.68. The molecule has 0 atom stereocenters. The molecule has 0 amide bonds. The Morgan fingerprint density at radius 2 is 1.91 bits per heavy atom. The highest BCUT2D eigenvalue weighted by Crippen LogP contribution is 2.26. The van der Waals surface area contributed by atoms with Gasteiger partial charge in [-0.3, -0.25) is 0 Å². The predicted molar refractivity (Wildman–Crippen MR) is 92.3 cm³/mol. The minimum Gasteiger partial charge on any atom is -0.366 e. The van der Waals surface area contributed by atoms with E-state index in [1.165, 1.54) is 16.8 Å². The molecule has 1 aliphatic heterocycles. The fourth-order valence-electron chi connectivity index (χ4n) is 3.30. The quantitative estimate of drug-likeness (QED) is 0.729. The third-order valence-corrected chi connectivity index (χ3v) is 4.57. The second-order valence-corrected chi connectivity index (χ2v) is 6.32. The normalized spacial score (nSPS) is 15.7. The Hall–Kier alpha value is -2.40. The van der Waals surface area contributed by atoms with Gasteiger partial charge in [-0.05, 0) is 36.4 Å². The number of rotatable bonds is 2. The van der Waals surface area contributed by atoms with Gasteiger partial charge in [0, 0.05) is 38.9 Å². The molecule has 4 rings (SSSR count). The van der Waals surface area contributed by atoms with E-state index in [4.69, 9.17) is 0 Å². The summed E-state index contributed by atoms with van der Waals surface area (Å²) in [5, 5.41) is 8.32. The minimum atomic E-state index is 0.900. The lowest BCUT2D eigenvalue weighted by atomic mass is 10.1. The minimum absolute atomic E-state index is 0.900. The number of para-hydroxylation sites is 1. The number of likely N-dealkylation sites (N-methyl/N-ethyl adjacent to an activating group) is 1. The Kier molecular flexibility index (Phi) is 3.50. The van der Waals surface area contributed by atoms with Crippen LogP contribution in [0.5, 0.6) is 0 Å². The molecule has 1 aliphatic rings. The summed E-state index contributed by atoms with van der Waals surface area (Å²) in [5.41, 5.74) is 6.05. The van der Waals surface area contributed by atoms with Gasteiger partial charge in [0.25, 0.3) is 0 Å². The molecule has 2 aromatic carbocycles. The van der Waals surface area contributed by atoms with E-state index in [9.17, 15) is 0 Å². The maximum Gasteiger partial charge on any atom is 0.113 e. The molecule has 0 saturated carbocycles. The van der Waals surface area contributed by atoms with Crippen molar-refractivity contribution in [3.05, 3.63) is 53.6 Å². The van der Waals surface area contributed by atoms with Gasteiger partial charge in [-0.25, -0.2) is 4.68 Å². The van der Waals surface area contributed by atoms with Crippen LogP contribution in [-0.4, -0.2) is 40.0 Å². The zero-order chi connectivity index (χ0) is 15.8. The van der Waals surface area contributed by atoms with E-state index in [1.54, 1.807) is 0 Å². The van der Waals surface area contributed by atoms with Gasteiger partial charge in [-0.15, -0.1) is 5.10 Å². The fourth-order valence-corrected chi connectivity index (χ4v) is 3.30. The first-order valence-corrected chi connectivity index (χ1v) is 8.00. The van der Waals surface area contributed by atoms with Gasteiger partial charge in [-0.2, -0.15) is 0 Å². The molecule has 0 saturated heterocycles. The van der Waals surface area contributed by atoms with Crippen LogP contribution >= 0.6 is 0 Å². The molecular formula is C18H21N5. The predicted octanol–water partition coefficient (Wildman–Crippen LogP) is 2.42. The van der Waals surface area contributed by atoms with Crippen molar-refractivity contribution < 1.29 is 0 Å². The molecule has 23 heavy (non-hydrogen) atoms. The number of aromatic nitrogens is 3. The Bertz CT molecular complexity index is 838. The average molecular weight is 307 g/mol. The molecule has 118 valence electrons. The third-order valence-electron chi connectivity index (χ3n) is 4.57. The van der Waals surface area contributed by atoms with Crippen molar-refractivity contribution in [3.63, 3.8) is 0 Å². The largest absolute Gasteiger partial charge is 0.366 e. The van der Waals surface area contributed by atoms with Gasteiger partial charge in [0.2, 0.25) is 0 Å². The van der Waals surface area contributed by atoms with E-state index < -0.39 is 0 Å². The molecule has 5 nitrogen and oxygen atoms in total. The highest BCUT2D eigenvalue weighted by molar-refractivity contribution is 5.75. The van der Waals surface area contributed by atoms with Gasteiger partial charge >= 0.3 is 0 Å². The molecule has 0 bridgehead atoms. The van der Waals surface area contributed by atoms with E-state index in [2.05, 4.69) is 69.6 Å². The first-order chi connectivity index (χ1) is 11.2. The van der Waals surface area contributed by atoms with E-state index in [1.807, 2.05) is 11.7 Å². The molecule has 0 unspecified atom stereocenters. The topological polar surface area (TPSA) is 37.2 Å². The van der Waals surface area contributed by atoms with Gasteiger partial charge in [-0.1, -0.05) is 29.5 Å². The van der Waals surface area contributed by atoms with Crippen LogP contribution in [0.1, 0.15) is 11.1 Å². The Labute approximate surface area is 136 Å². The highest BCUT2D eigenvalue weighted by Gasteiger charge is 2.17. The summed E-state index contributed by atoms with van der Waals surface area (Å²) in [6.45, 7) is 4.02. The monoisotopic (exact) mass is 307 g/mol. The number of hydrogen-bond acceptors (Lipinski definition) is 4. The summed E-state index contributed by atoms with van der Waals surface area (Å²) in [4.78, 5) is 4.85. The van der Waals surface area contributed by atoms with Crippen LogP contribution in [0.3, 0.4) is 0 Å². The van der Waals surface area contributed by atoms with Crippen molar-refractivity contribution in [2.45, 2.75) is 13.1 Å². The van der Waals surface area contributed by atoms with Gasteiger partial charge in [0.1, 0.15) is 5.52 Å². The zero-order valence-corrected chi connectivity index (χ0v) is 13.6. The van der Waals surface area contributed by atoms with Crippen molar-refractivity contribution in [2.75, 3.05) is 25.0 Å². The summed E-state index contributed by atoms with van der Waals surface area (Å²) in [6.07, 6.45) is 0. The number of nitrogens with zero attached hydrogens (tertiary/aromatic N) is 5. The van der Waals surface area contributed by atoms with Gasteiger partial charge in [0.05, 0.1) is 5.52 Å². The molecule has 2 heterocycles. The van der Waals surface area contributed by atoms with Crippen LogP contribution in [0.4, 0.5) is 5.69 Å². The summed E-state index contributed by atoms with van der Waals surface area (Å²) in [6, 6.07) is 15.2. The highest BCUT2D eigenvalue weighted by atomic mass is 15.4. The first-order valence-electron chi connectivity index (χ1n) is 8.00. The molecule has 0 spiro atoms. The Morgan fingerprint density at radius 3 is 2.83 bits per heavy atom. The summed E-state index contributed by atoms with van der Waals surface area (Å²) < 4.78 is 1.81. The molecule has 5 heteroatoms. The average Bonchev–Trinajstić information content (AvgIpc) is 2.84. The number of benzene rings is 2. The molecule has 0 aliphatic carbocycles. The Morgan fingerprint density at radius 1 is 1.04 bits per heavy atom. The molecular weight excluding hydrogens is 286 g/mol. The van der Waals surface area contributed by atoms with Crippen LogP contribution in [0.2, 0.25) is 0 Å². The van der Waals surface area contributed by atoms with Crippen molar-refractivity contribution in [1.29, 1.82) is 0 Å². The number of fused-ring (bicyclic) bond motifs is 2. The summed E-state index contributed by atoms with van der Waals surface area (Å²) >= 11 is 0. The van der Waals surface area contributed by atoms with E-state index in [0.29, 0.717) is 0 Å². The van der Waals surface area contributed by atoms with E-state index in [0.717, 1.165) is 37.2 Å². The van der Waals surface area contributed by atoms with Crippen LogP contribution in [-0.2, 0) is 20.1 Å². The smallest absolute Gasteiger partial charge is 0.113 e. The van der Waals surface area contributed by atoms with Crippen molar-refractivity contribution >= 4 is 16.7 Å². The van der Waals surface area contributed by atoms with Gasteiger partial charge < -0.3 is 9.80 Å². The Balaban J connectivity index is 1.66. The molecule has 0 fully saturated rings. The molecule has 3 aromatic rings. The maximum atomic E-state index is 4.23. The SMILES string of the molecule is CN1CCN(Cc2ccc3c(c2)nnn3C)c2ccccc2C1. The van der Waals surface area contributed by atoms with Crippen LogP contribution in [0.15, 0.2) is 42.5 Å². The molecule has 0 N–H and O–H groups in total. The van der Waals surface area contributed by atoms with Crippen LogP contribution in [0, 0.1) is 0 Å². The second kappa shape index (κ2) is 5.66. The van der Waals surface area contributed by atoms with Crippen molar-refractivity contribution in [2.24, 2.45) is 7.05 Å². The number of hydrogen-bond donors (Lipinski definition) is 0. The maximum absolute atomic E-state index is 4.23. The number of anilines is 1. The van der Waals surface area contributed by atoms with E-state index in [-0.39, 0.29) is 0 Å². The lowest BCUT2D eigenvalue weighted by Crippen LogP contribution is -2.29. The number of aryl methyl sites for hydroxylation is 1. The molecule has 1 aromatic heterocycles. The summed E-state index contributed by atoms with van der Waals surface area (Å²) in [5.74, 6) is 0. The van der Waals surface area contributed by atoms with Crippen LogP contribution in [0.25, 0.3) is 11.0 Å². The molecule has 0 radical (unpaired) electrons.